The second-order valence-electron chi connectivity index (χ2n) is 5.33. The zero-order valence-electron chi connectivity index (χ0n) is 10.9. The van der Waals surface area contributed by atoms with Crippen molar-refractivity contribution in [1.82, 2.24) is 0 Å². The molecule has 0 N–H and O–H groups in total. The van der Waals surface area contributed by atoms with Gasteiger partial charge in [-0.2, -0.15) is 11.8 Å². The van der Waals surface area contributed by atoms with Crippen LogP contribution in [-0.4, -0.2) is 29.8 Å². The van der Waals surface area contributed by atoms with Crippen LogP contribution in [0.1, 0.15) is 25.7 Å². The highest BCUT2D eigenvalue weighted by atomic mass is 35.5. The molecule has 0 bridgehead atoms. The smallest absolute Gasteiger partial charge is 0.121 e. The average Bonchev–Trinajstić information content (AvgIpc) is 2.40. The van der Waals surface area contributed by atoms with Gasteiger partial charge in [0.05, 0.1) is 12.2 Å². The number of thioether (sulfide) groups is 1. The van der Waals surface area contributed by atoms with E-state index in [2.05, 4.69) is 0 Å². The Labute approximate surface area is 123 Å². The van der Waals surface area contributed by atoms with Crippen molar-refractivity contribution >= 4 is 23.4 Å². The van der Waals surface area contributed by atoms with Crippen molar-refractivity contribution in [2.45, 2.75) is 37.4 Å². The zero-order valence-corrected chi connectivity index (χ0v) is 12.5. The maximum atomic E-state index is 6.09. The van der Waals surface area contributed by atoms with Crippen LogP contribution < -0.4 is 4.74 Å². The van der Waals surface area contributed by atoms with Crippen molar-refractivity contribution < 1.29 is 9.47 Å². The van der Waals surface area contributed by atoms with Crippen LogP contribution in [0.15, 0.2) is 24.3 Å². The molecule has 1 atom stereocenters. The summed E-state index contributed by atoms with van der Waals surface area (Å²) in [6.07, 6.45) is 4.57. The fraction of sp³-hybridized carbons (Fsp3) is 0.600. The minimum atomic E-state index is 0.0761. The molecule has 1 aromatic carbocycles. The zero-order chi connectivity index (χ0) is 13.1. The molecule has 4 heteroatoms. The number of halogens is 1. The summed E-state index contributed by atoms with van der Waals surface area (Å²) in [5.41, 5.74) is 0.0761. The molecule has 0 amide bonds. The van der Waals surface area contributed by atoms with Crippen LogP contribution in [0.3, 0.4) is 0 Å². The lowest BCUT2D eigenvalue weighted by molar-refractivity contribution is -0.116. The highest BCUT2D eigenvalue weighted by molar-refractivity contribution is 7.99. The fourth-order valence-electron chi connectivity index (χ4n) is 2.91. The van der Waals surface area contributed by atoms with E-state index in [-0.39, 0.29) is 11.7 Å². The van der Waals surface area contributed by atoms with Crippen molar-refractivity contribution in [3.05, 3.63) is 29.3 Å². The number of hydrogen-bond acceptors (Lipinski definition) is 3. The molecule has 0 aliphatic carbocycles. The maximum Gasteiger partial charge on any atom is 0.121 e. The molecule has 1 unspecified atom stereocenters. The molecule has 0 saturated carbocycles. The van der Waals surface area contributed by atoms with Crippen LogP contribution in [0.25, 0.3) is 0 Å². The van der Waals surface area contributed by atoms with Gasteiger partial charge < -0.3 is 9.47 Å². The van der Waals surface area contributed by atoms with Gasteiger partial charge in [-0.25, -0.2) is 0 Å². The average molecular weight is 299 g/mol. The molecule has 3 rings (SSSR count). The monoisotopic (exact) mass is 298 g/mol. The van der Waals surface area contributed by atoms with Gasteiger partial charge in [0.25, 0.3) is 0 Å². The molecule has 1 spiro atoms. The highest BCUT2D eigenvalue weighted by Crippen LogP contribution is 2.38. The third-order valence-corrected chi connectivity index (χ3v) is 5.17. The number of benzene rings is 1. The van der Waals surface area contributed by atoms with Gasteiger partial charge in [0, 0.05) is 17.9 Å². The van der Waals surface area contributed by atoms with Gasteiger partial charge in [0.1, 0.15) is 11.9 Å². The minimum absolute atomic E-state index is 0.0761. The van der Waals surface area contributed by atoms with Crippen molar-refractivity contribution in [3.63, 3.8) is 0 Å². The predicted molar refractivity (Wildman–Crippen MR) is 80.3 cm³/mol. The molecule has 2 saturated heterocycles. The molecule has 2 heterocycles. The Morgan fingerprint density at radius 3 is 2.95 bits per heavy atom. The number of hydrogen-bond donors (Lipinski definition) is 0. The third kappa shape index (κ3) is 3.39. The van der Waals surface area contributed by atoms with E-state index in [1.165, 1.54) is 11.5 Å². The van der Waals surface area contributed by atoms with E-state index in [1.54, 1.807) is 0 Å². The van der Waals surface area contributed by atoms with Crippen LogP contribution in [0.4, 0.5) is 0 Å². The summed E-state index contributed by atoms with van der Waals surface area (Å²) >= 11 is 8.03. The molecule has 19 heavy (non-hydrogen) atoms. The molecular formula is C15H19ClO2S. The largest absolute Gasteiger partial charge is 0.490 e. The summed E-state index contributed by atoms with van der Waals surface area (Å²) in [4.78, 5) is 0. The first kappa shape index (κ1) is 13.6. The van der Waals surface area contributed by atoms with E-state index in [4.69, 9.17) is 21.1 Å². The molecule has 104 valence electrons. The lowest BCUT2D eigenvalue weighted by atomic mass is 9.86. The quantitative estimate of drug-likeness (QED) is 0.816. The van der Waals surface area contributed by atoms with Gasteiger partial charge in [-0.15, -0.1) is 0 Å². The summed E-state index contributed by atoms with van der Waals surface area (Å²) in [5, 5.41) is 0.730. The van der Waals surface area contributed by atoms with E-state index in [0.717, 1.165) is 43.1 Å². The molecule has 0 aromatic heterocycles. The maximum absolute atomic E-state index is 6.09. The Kier molecular flexibility index (Phi) is 4.25. The van der Waals surface area contributed by atoms with Crippen molar-refractivity contribution in [2.24, 2.45) is 0 Å². The van der Waals surface area contributed by atoms with Gasteiger partial charge in [0.15, 0.2) is 0 Å². The number of ether oxygens (including phenoxy) is 2. The summed E-state index contributed by atoms with van der Waals surface area (Å²) < 4.78 is 12.2. The lowest BCUT2D eigenvalue weighted by Gasteiger charge is -2.43. The Bertz CT molecular complexity index is 426. The van der Waals surface area contributed by atoms with Crippen LogP contribution in [0.5, 0.6) is 5.75 Å². The summed E-state index contributed by atoms with van der Waals surface area (Å²) in [7, 11) is 0. The van der Waals surface area contributed by atoms with Crippen molar-refractivity contribution in [1.29, 1.82) is 0 Å². The molecule has 2 fully saturated rings. The second kappa shape index (κ2) is 5.94. The Morgan fingerprint density at radius 1 is 1.32 bits per heavy atom. The Hall–Kier alpha value is -0.380. The summed E-state index contributed by atoms with van der Waals surface area (Å²) in [6, 6.07) is 7.67. The van der Waals surface area contributed by atoms with Crippen LogP contribution in [0.2, 0.25) is 5.02 Å². The standard InChI is InChI=1S/C15H19ClO2S/c16-12-2-1-3-13(10-12)18-14-4-7-17-15(11-14)5-8-19-9-6-15/h1-3,10,14H,4-9,11H2. The van der Waals surface area contributed by atoms with Gasteiger partial charge in [-0.1, -0.05) is 17.7 Å². The fourth-order valence-corrected chi connectivity index (χ4v) is 4.33. The van der Waals surface area contributed by atoms with Crippen LogP contribution >= 0.6 is 23.4 Å². The van der Waals surface area contributed by atoms with Crippen molar-refractivity contribution in [3.8, 4) is 5.75 Å². The molecule has 2 aliphatic rings. The first-order chi connectivity index (χ1) is 9.26. The molecule has 2 aliphatic heterocycles. The van der Waals surface area contributed by atoms with Gasteiger partial charge in [0.2, 0.25) is 0 Å². The topological polar surface area (TPSA) is 18.5 Å². The Morgan fingerprint density at radius 2 is 2.16 bits per heavy atom. The SMILES string of the molecule is Clc1cccc(OC2CCOC3(CCSCC3)C2)c1. The van der Waals surface area contributed by atoms with Crippen LogP contribution in [-0.2, 0) is 4.74 Å². The van der Waals surface area contributed by atoms with Gasteiger partial charge in [-0.05, 0) is 42.5 Å². The molecule has 2 nitrogen and oxygen atoms in total. The van der Waals surface area contributed by atoms with Gasteiger partial charge in [-0.3, -0.25) is 0 Å². The van der Waals surface area contributed by atoms with E-state index in [1.807, 2.05) is 36.0 Å². The first-order valence-electron chi connectivity index (χ1n) is 6.90. The first-order valence-corrected chi connectivity index (χ1v) is 8.43. The Balaban J connectivity index is 1.65. The predicted octanol–water partition coefficient (Wildman–Crippen LogP) is 4.16. The lowest BCUT2D eigenvalue weighted by Crippen LogP contribution is -2.46. The van der Waals surface area contributed by atoms with E-state index in [0.29, 0.717) is 0 Å². The normalized spacial score (nSPS) is 26.3. The van der Waals surface area contributed by atoms with E-state index < -0.39 is 0 Å². The van der Waals surface area contributed by atoms with Gasteiger partial charge >= 0.3 is 0 Å². The molecule has 1 aromatic rings. The summed E-state index contributed by atoms with van der Waals surface area (Å²) in [5.74, 6) is 3.30. The second-order valence-corrected chi connectivity index (χ2v) is 7.00. The molecule has 0 radical (unpaired) electrons. The minimum Gasteiger partial charge on any atom is -0.490 e. The van der Waals surface area contributed by atoms with Crippen molar-refractivity contribution in [2.75, 3.05) is 18.1 Å². The number of rotatable bonds is 2. The highest BCUT2D eigenvalue weighted by Gasteiger charge is 2.39. The van der Waals surface area contributed by atoms with E-state index in [9.17, 15) is 0 Å². The molecular weight excluding hydrogens is 280 g/mol. The third-order valence-electron chi connectivity index (χ3n) is 3.95. The summed E-state index contributed by atoms with van der Waals surface area (Å²) in [6.45, 7) is 0.815. The van der Waals surface area contributed by atoms with E-state index >= 15 is 0 Å². The van der Waals surface area contributed by atoms with Crippen LogP contribution in [0, 0.1) is 0 Å².